The molecule has 0 bridgehead atoms. The van der Waals surface area contributed by atoms with Gasteiger partial charge in [0.15, 0.2) is 0 Å². The zero-order chi connectivity index (χ0) is 28.2. The van der Waals surface area contributed by atoms with Gasteiger partial charge in [0.05, 0.1) is 12.5 Å². The van der Waals surface area contributed by atoms with E-state index in [2.05, 4.69) is 28.6 Å². The molecule has 0 aliphatic heterocycles. The minimum absolute atomic E-state index is 0.000891. The molecule has 0 saturated heterocycles. The van der Waals surface area contributed by atoms with Crippen LogP contribution in [0.4, 0.5) is 0 Å². The lowest BCUT2D eigenvalue weighted by Crippen LogP contribution is -2.58. The maximum atomic E-state index is 13.4. The number of benzene rings is 2. The van der Waals surface area contributed by atoms with E-state index in [1.165, 1.54) is 12.1 Å². The van der Waals surface area contributed by atoms with Gasteiger partial charge in [-0.05, 0) is 23.3 Å². The zero-order valence-corrected chi connectivity index (χ0v) is 21.3. The monoisotopic (exact) mass is 545 g/mol. The van der Waals surface area contributed by atoms with Crippen LogP contribution < -0.4 is 27.4 Å². The van der Waals surface area contributed by atoms with Crippen LogP contribution in [-0.4, -0.2) is 69.7 Å². The van der Waals surface area contributed by atoms with Gasteiger partial charge < -0.3 is 37.6 Å². The predicted octanol–water partition coefficient (Wildman–Crippen LogP) is -1.15. The number of aliphatic carboxylic acids is 1. The fourth-order valence-corrected chi connectivity index (χ4v) is 3.70. The van der Waals surface area contributed by atoms with Crippen LogP contribution in [0.3, 0.4) is 0 Å². The highest BCUT2D eigenvalue weighted by Gasteiger charge is 2.30. The molecule has 0 radical (unpaired) electrons. The molecular formula is C25H31N5O7S. The first-order valence-corrected chi connectivity index (χ1v) is 12.2. The summed E-state index contributed by atoms with van der Waals surface area (Å²) in [5, 5.41) is 26.3. The Balaban J connectivity index is 2.30. The third kappa shape index (κ3) is 9.75. The first-order chi connectivity index (χ1) is 18.0. The van der Waals surface area contributed by atoms with Crippen molar-refractivity contribution >= 4 is 42.2 Å². The number of phenolic OH excluding ortho intramolecular Hbond substituents is 1. The maximum Gasteiger partial charge on any atom is 0.327 e. The molecule has 38 heavy (non-hydrogen) atoms. The van der Waals surface area contributed by atoms with Crippen molar-refractivity contribution in [2.75, 3.05) is 5.75 Å². The van der Waals surface area contributed by atoms with E-state index in [1.54, 1.807) is 42.5 Å². The molecule has 0 spiro atoms. The molecular weight excluding hydrogens is 514 g/mol. The summed E-state index contributed by atoms with van der Waals surface area (Å²) in [7, 11) is 0. The topological polar surface area (TPSA) is 214 Å². The van der Waals surface area contributed by atoms with Crippen LogP contribution in [0.2, 0.25) is 0 Å². The summed E-state index contributed by atoms with van der Waals surface area (Å²) in [6.45, 7) is 0. The van der Waals surface area contributed by atoms with Gasteiger partial charge in [-0.3, -0.25) is 19.2 Å². The van der Waals surface area contributed by atoms with Crippen molar-refractivity contribution in [1.29, 1.82) is 0 Å². The number of hydrogen-bond acceptors (Lipinski definition) is 8. The summed E-state index contributed by atoms with van der Waals surface area (Å²) in [5.74, 6) is -4.60. The van der Waals surface area contributed by atoms with Crippen LogP contribution in [0, 0.1) is 0 Å². The number of aromatic hydroxyl groups is 1. The molecule has 13 heteroatoms. The fraction of sp³-hybridized carbons (Fsp3) is 0.320. The minimum atomic E-state index is -1.31. The molecule has 2 aromatic rings. The van der Waals surface area contributed by atoms with E-state index in [9.17, 15) is 34.2 Å². The van der Waals surface area contributed by atoms with Crippen molar-refractivity contribution in [3.8, 4) is 5.75 Å². The highest BCUT2D eigenvalue weighted by Crippen LogP contribution is 2.12. The van der Waals surface area contributed by atoms with Crippen LogP contribution in [0.1, 0.15) is 17.5 Å². The van der Waals surface area contributed by atoms with Gasteiger partial charge in [0.2, 0.25) is 23.6 Å². The second kappa shape index (κ2) is 14.6. The van der Waals surface area contributed by atoms with Gasteiger partial charge >= 0.3 is 5.97 Å². The van der Waals surface area contributed by atoms with Crippen molar-refractivity contribution in [2.24, 2.45) is 11.5 Å². The Morgan fingerprint density at radius 2 is 1.24 bits per heavy atom. The van der Waals surface area contributed by atoms with E-state index >= 15 is 0 Å². The van der Waals surface area contributed by atoms with E-state index in [-0.39, 0.29) is 24.3 Å². The molecule has 4 atom stereocenters. The number of carboxylic acids is 1. The van der Waals surface area contributed by atoms with Gasteiger partial charge in [-0.2, -0.15) is 12.6 Å². The molecule has 2 rings (SSSR count). The number of thiol groups is 1. The Hall–Kier alpha value is -4.10. The van der Waals surface area contributed by atoms with Gasteiger partial charge in [0, 0.05) is 18.6 Å². The molecule has 0 saturated carbocycles. The summed E-state index contributed by atoms with van der Waals surface area (Å²) >= 11 is 3.95. The van der Waals surface area contributed by atoms with Gasteiger partial charge in [0.25, 0.3) is 0 Å². The van der Waals surface area contributed by atoms with Gasteiger partial charge in [0.1, 0.15) is 23.9 Å². The summed E-state index contributed by atoms with van der Waals surface area (Å²) in [6, 6.07) is 9.59. The Labute approximate surface area is 224 Å². The number of carbonyl (C=O) groups is 5. The van der Waals surface area contributed by atoms with Gasteiger partial charge in [-0.25, -0.2) is 4.79 Å². The predicted molar refractivity (Wildman–Crippen MR) is 141 cm³/mol. The second-order valence-corrected chi connectivity index (χ2v) is 8.91. The van der Waals surface area contributed by atoms with Crippen LogP contribution >= 0.6 is 12.6 Å². The first kappa shape index (κ1) is 30.1. The number of nitrogens with one attached hydrogen (secondary N) is 3. The molecule has 4 unspecified atom stereocenters. The fourth-order valence-electron chi connectivity index (χ4n) is 3.45. The zero-order valence-electron chi connectivity index (χ0n) is 20.4. The van der Waals surface area contributed by atoms with E-state index in [0.29, 0.717) is 11.1 Å². The van der Waals surface area contributed by atoms with Gasteiger partial charge in [-0.15, -0.1) is 0 Å². The van der Waals surface area contributed by atoms with Crippen LogP contribution in [0.15, 0.2) is 54.6 Å². The van der Waals surface area contributed by atoms with Crippen molar-refractivity contribution in [3.05, 3.63) is 65.7 Å². The SMILES string of the molecule is NC(=O)CC(N)C(=O)NC(Cc1ccc(O)cc1)C(=O)NC(Cc1ccccc1)C(=O)NC(CS)C(=O)O. The lowest BCUT2D eigenvalue weighted by molar-refractivity contribution is -0.141. The third-order valence-corrected chi connectivity index (χ3v) is 5.84. The average molecular weight is 546 g/mol. The highest BCUT2D eigenvalue weighted by molar-refractivity contribution is 7.80. The van der Waals surface area contributed by atoms with E-state index in [1.807, 2.05) is 0 Å². The van der Waals surface area contributed by atoms with E-state index in [0.717, 1.165) is 0 Å². The lowest BCUT2D eigenvalue weighted by Gasteiger charge is -2.25. The molecule has 0 heterocycles. The Bertz CT molecular complexity index is 1130. The number of primary amides is 1. The van der Waals surface area contributed by atoms with Crippen LogP contribution in [-0.2, 0) is 36.8 Å². The highest BCUT2D eigenvalue weighted by atomic mass is 32.1. The number of carboxylic acid groups (broad SMARTS) is 1. The van der Waals surface area contributed by atoms with Crippen molar-refractivity contribution < 1.29 is 34.2 Å². The van der Waals surface area contributed by atoms with Crippen LogP contribution in [0.5, 0.6) is 5.75 Å². The summed E-state index contributed by atoms with van der Waals surface area (Å²) in [4.78, 5) is 61.6. The number of amides is 4. The normalized spacial score (nSPS) is 13.8. The Kier molecular flexibility index (Phi) is 11.6. The van der Waals surface area contributed by atoms with Crippen molar-refractivity contribution in [1.82, 2.24) is 16.0 Å². The average Bonchev–Trinajstić information content (AvgIpc) is 2.87. The largest absolute Gasteiger partial charge is 0.508 e. The first-order valence-electron chi connectivity index (χ1n) is 11.6. The second-order valence-electron chi connectivity index (χ2n) is 8.54. The summed E-state index contributed by atoms with van der Waals surface area (Å²) < 4.78 is 0. The Morgan fingerprint density at radius 3 is 1.71 bits per heavy atom. The number of rotatable bonds is 14. The van der Waals surface area contributed by atoms with Crippen LogP contribution in [0.25, 0.3) is 0 Å². The van der Waals surface area contributed by atoms with Gasteiger partial charge in [-0.1, -0.05) is 42.5 Å². The molecule has 9 N–H and O–H groups in total. The molecule has 0 fully saturated rings. The third-order valence-electron chi connectivity index (χ3n) is 5.48. The smallest absolute Gasteiger partial charge is 0.327 e. The number of carbonyl (C=O) groups excluding carboxylic acids is 4. The summed E-state index contributed by atoms with van der Waals surface area (Å²) in [5.41, 5.74) is 12.1. The Morgan fingerprint density at radius 1 is 0.763 bits per heavy atom. The number of hydrogen-bond donors (Lipinski definition) is 8. The number of phenols is 1. The molecule has 12 nitrogen and oxygen atoms in total. The quantitative estimate of drug-likeness (QED) is 0.135. The molecule has 0 aliphatic carbocycles. The lowest BCUT2D eigenvalue weighted by atomic mass is 10.0. The van der Waals surface area contributed by atoms with E-state index < -0.39 is 60.2 Å². The molecule has 2 aromatic carbocycles. The molecule has 4 amide bonds. The summed E-state index contributed by atoms with van der Waals surface area (Å²) in [6.07, 6.45) is -0.466. The molecule has 0 aliphatic rings. The minimum Gasteiger partial charge on any atom is -0.508 e. The maximum absolute atomic E-state index is 13.4. The van der Waals surface area contributed by atoms with Crippen molar-refractivity contribution in [2.45, 2.75) is 43.4 Å². The number of nitrogens with two attached hydrogens (primary N) is 2. The standard InChI is InChI=1S/C25H31N5O7S/c26-17(12-21(27)32)22(33)28-18(11-15-6-8-16(31)9-7-15)23(34)29-19(10-14-4-2-1-3-5-14)24(35)30-20(13-38)25(36)37/h1-9,17-20,31,38H,10-13,26H2,(H2,27,32)(H,28,33)(H,29,34)(H,30,35)(H,36,37). The molecule has 0 aromatic heterocycles. The molecule has 204 valence electrons. The van der Waals surface area contributed by atoms with Crippen molar-refractivity contribution in [3.63, 3.8) is 0 Å². The van der Waals surface area contributed by atoms with E-state index in [4.69, 9.17) is 11.5 Å².